The first-order valence-electron chi connectivity index (χ1n) is 9.92. The Balaban J connectivity index is 1.56. The van der Waals surface area contributed by atoms with Gasteiger partial charge in [-0.25, -0.2) is 0 Å². The van der Waals surface area contributed by atoms with E-state index in [2.05, 4.69) is 5.32 Å². The van der Waals surface area contributed by atoms with E-state index in [9.17, 15) is 22.8 Å². The quantitative estimate of drug-likeness (QED) is 0.514. The number of hydrogen-bond acceptors (Lipinski definition) is 4. The van der Waals surface area contributed by atoms with E-state index in [0.29, 0.717) is 22.9 Å². The number of nitrogens with one attached hydrogen (secondary N) is 1. The third-order valence-corrected chi connectivity index (χ3v) is 6.31. The fourth-order valence-corrected chi connectivity index (χ4v) is 4.67. The number of hydrogen-bond donors (Lipinski definition) is 1. The summed E-state index contributed by atoms with van der Waals surface area (Å²) < 4.78 is 44.1. The Morgan fingerprint density at radius 3 is 2.48 bits per heavy atom. The van der Waals surface area contributed by atoms with Gasteiger partial charge in [0.15, 0.2) is 0 Å². The summed E-state index contributed by atoms with van der Waals surface area (Å²) >= 11 is 1.45. The first-order valence-corrected chi connectivity index (χ1v) is 11.0. The molecule has 3 aromatic rings. The molecule has 1 saturated heterocycles. The summed E-state index contributed by atoms with van der Waals surface area (Å²) in [5.41, 5.74) is 0.933. The average molecular weight is 472 g/mol. The maximum atomic E-state index is 13.0. The molecule has 1 atom stereocenters. The van der Waals surface area contributed by atoms with Crippen molar-refractivity contribution in [3.8, 4) is 5.75 Å². The van der Waals surface area contributed by atoms with Crippen molar-refractivity contribution in [2.75, 3.05) is 23.1 Å². The molecule has 0 radical (unpaired) electrons. The molecule has 9 heteroatoms. The van der Waals surface area contributed by atoms with Gasteiger partial charge in [-0.2, -0.15) is 13.2 Å². The second-order valence-corrected chi connectivity index (χ2v) is 8.35. The highest BCUT2D eigenvalue weighted by atomic mass is 32.2. The minimum atomic E-state index is -4.53. The number of carbonyl (C=O) groups excluding carboxylic acids is 2. The standard InChI is InChI=1S/C24H19F3N2O3S/c1-32-20-10-8-19(9-11-20)29-21(30)14-33-23(29)16-5-3-7-18(13-16)28-22(31)15-4-2-6-17(12-15)24(25,26)27/h2-13,23H,14H2,1H3,(H,28,31)/t23-/m0/s1. The molecule has 0 saturated carbocycles. The molecule has 4 rings (SSSR count). The van der Waals surface area contributed by atoms with Crippen LogP contribution in [0.3, 0.4) is 0 Å². The van der Waals surface area contributed by atoms with E-state index in [1.54, 1.807) is 54.5 Å². The van der Waals surface area contributed by atoms with Crippen molar-refractivity contribution >= 4 is 35.0 Å². The second kappa shape index (κ2) is 9.19. The molecule has 1 aliphatic heterocycles. The molecular weight excluding hydrogens is 453 g/mol. The number of alkyl halides is 3. The van der Waals surface area contributed by atoms with Gasteiger partial charge in [0.1, 0.15) is 11.1 Å². The van der Waals surface area contributed by atoms with Crippen molar-refractivity contribution in [3.05, 3.63) is 89.5 Å². The number of carbonyl (C=O) groups is 2. The van der Waals surface area contributed by atoms with Crippen LogP contribution < -0.4 is 15.0 Å². The van der Waals surface area contributed by atoms with Crippen LogP contribution in [0.4, 0.5) is 24.5 Å². The van der Waals surface area contributed by atoms with Crippen LogP contribution in [0.2, 0.25) is 0 Å². The van der Waals surface area contributed by atoms with Gasteiger partial charge in [0, 0.05) is 16.9 Å². The number of benzene rings is 3. The summed E-state index contributed by atoms with van der Waals surface area (Å²) in [7, 11) is 1.56. The number of anilines is 2. The van der Waals surface area contributed by atoms with Crippen molar-refractivity contribution in [2.24, 2.45) is 0 Å². The highest BCUT2D eigenvalue weighted by Gasteiger charge is 2.34. The molecule has 1 fully saturated rings. The molecule has 0 spiro atoms. The van der Waals surface area contributed by atoms with Crippen molar-refractivity contribution in [2.45, 2.75) is 11.6 Å². The van der Waals surface area contributed by atoms with E-state index >= 15 is 0 Å². The first kappa shape index (κ1) is 22.7. The lowest BCUT2D eigenvalue weighted by Gasteiger charge is -2.25. The predicted molar refractivity (Wildman–Crippen MR) is 122 cm³/mol. The summed E-state index contributed by atoms with van der Waals surface area (Å²) in [6.07, 6.45) is -4.53. The van der Waals surface area contributed by atoms with E-state index in [1.165, 1.54) is 23.9 Å². The third-order valence-electron chi connectivity index (χ3n) is 5.10. The summed E-state index contributed by atoms with van der Waals surface area (Å²) in [5, 5.41) is 2.34. The largest absolute Gasteiger partial charge is 0.497 e. The second-order valence-electron chi connectivity index (χ2n) is 7.28. The van der Waals surface area contributed by atoms with Crippen LogP contribution in [0.15, 0.2) is 72.8 Å². The zero-order chi connectivity index (χ0) is 23.6. The molecule has 0 aromatic heterocycles. The Bertz CT molecular complexity index is 1180. The van der Waals surface area contributed by atoms with Crippen LogP contribution >= 0.6 is 11.8 Å². The number of methoxy groups -OCH3 is 1. The number of amides is 2. The van der Waals surface area contributed by atoms with Crippen LogP contribution in [-0.4, -0.2) is 24.7 Å². The van der Waals surface area contributed by atoms with E-state index < -0.39 is 17.6 Å². The fourth-order valence-electron chi connectivity index (χ4n) is 3.50. The molecule has 2 amide bonds. The zero-order valence-electron chi connectivity index (χ0n) is 17.4. The van der Waals surface area contributed by atoms with Gasteiger partial charge in [0.25, 0.3) is 5.91 Å². The molecule has 1 N–H and O–H groups in total. The number of halogens is 3. The lowest BCUT2D eigenvalue weighted by Crippen LogP contribution is -2.27. The van der Waals surface area contributed by atoms with Crippen molar-refractivity contribution in [3.63, 3.8) is 0 Å². The van der Waals surface area contributed by atoms with Crippen molar-refractivity contribution < 1.29 is 27.5 Å². The van der Waals surface area contributed by atoms with Gasteiger partial charge in [0.05, 0.1) is 18.4 Å². The molecule has 5 nitrogen and oxygen atoms in total. The SMILES string of the molecule is COc1ccc(N2C(=O)CS[C@H]2c2cccc(NC(=O)c3cccc(C(F)(F)F)c3)c2)cc1. The molecule has 0 unspecified atom stereocenters. The zero-order valence-corrected chi connectivity index (χ0v) is 18.2. The highest BCUT2D eigenvalue weighted by molar-refractivity contribution is 8.00. The number of rotatable bonds is 5. The molecule has 1 aliphatic rings. The van der Waals surface area contributed by atoms with Crippen molar-refractivity contribution in [1.29, 1.82) is 0 Å². The first-order chi connectivity index (χ1) is 15.8. The molecule has 1 heterocycles. The van der Waals surface area contributed by atoms with E-state index in [0.717, 1.165) is 17.7 Å². The summed E-state index contributed by atoms with van der Waals surface area (Å²) in [6, 6.07) is 18.3. The molecule has 0 aliphatic carbocycles. The molecule has 3 aromatic carbocycles. The topological polar surface area (TPSA) is 58.6 Å². The fraction of sp³-hybridized carbons (Fsp3) is 0.167. The lowest BCUT2D eigenvalue weighted by atomic mass is 10.1. The van der Waals surface area contributed by atoms with Crippen molar-refractivity contribution in [1.82, 2.24) is 0 Å². The summed E-state index contributed by atoms with van der Waals surface area (Å²) in [4.78, 5) is 26.8. The summed E-state index contributed by atoms with van der Waals surface area (Å²) in [5.74, 6) is 0.278. The van der Waals surface area contributed by atoms with Gasteiger partial charge < -0.3 is 10.1 Å². The minimum absolute atomic E-state index is 0.0476. The smallest absolute Gasteiger partial charge is 0.416 e. The summed E-state index contributed by atoms with van der Waals surface area (Å²) in [6.45, 7) is 0. The van der Waals surface area contributed by atoms with Crippen LogP contribution in [0, 0.1) is 0 Å². The minimum Gasteiger partial charge on any atom is -0.497 e. The molecular formula is C24H19F3N2O3S. The Morgan fingerprint density at radius 1 is 1.06 bits per heavy atom. The Labute approximate surface area is 192 Å². The van der Waals surface area contributed by atoms with Crippen LogP contribution in [0.25, 0.3) is 0 Å². The van der Waals surface area contributed by atoms with Gasteiger partial charge in [-0.3, -0.25) is 14.5 Å². The number of ether oxygens (including phenoxy) is 1. The van der Waals surface area contributed by atoms with Crippen LogP contribution in [0.1, 0.15) is 26.9 Å². The Kier molecular flexibility index (Phi) is 6.33. The lowest BCUT2D eigenvalue weighted by molar-refractivity contribution is -0.137. The number of nitrogens with zero attached hydrogens (tertiary/aromatic N) is 1. The predicted octanol–water partition coefficient (Wildman–Crippen LogP) is 5.74. The third kappa shape index (κ3) is 4.98. The van der Waals surface area contributed by atoms with Gasteiger partial charge >= 0.3 is 6.18 Å². The average Bonchev–Trinajstić information content (AvgIpc) is 3.20. The van der Waals surface area contributed by atoms with Gasteiger partial charge in [-0.05, 0) is 60.2 Å². The molecule has 0 bridgehead atoms. The molecule has 170 valence electrons. The number of thioether (sulfide) groups is 1. The van der Waals surface area contributed by atoms with E-state index in [-0.39, 0.29) is 16.8 Å². The van der Waals surface area contributed by atoms with Gasteiger partial charge in [-0.15, -0.1) is 11.8 Å². The van der Waals surface area contributed by atoms with Gasteiger partial charge in [0.2, 0.25) is 5.91 Å². The molecule has 33 heavy (non-hydrogen) atoms. The van der Waals surface area contributed by atoms with Crippen LogP contribution in [0.5, 0.6) is 5.75 Å². The van der Waals surface area contributed by atoms with Crippen LogP contribution in [-0.2, 0) is 11.0 Å². The monoisotopic (exact) mass is 472 g/mol. The van der Waals surface area contributed by atoms with E-state index in [1.807, 2.05) is 6.07 Å². The van der Waals surface area contributed by atoms with Gasteiger partial charge in [-0.1, -0.05) is 18.2 Å². The Morgan fingerprint density at radius 2 is 1.79 bits per heavy atom. The Hall–Kier alpha value is -3.46. The normalized spacial score (nSPS) is 16.1. The highest BCUT2D eigenvalue weighted by Crippen LogP contribution is 2.42. The maximum Gasteiger partial charge on any atom is 0.416 e. The maximum absolute atomic E-state index is 13.0. The van der Waals surface area contributed by atoms with E-state index in [4.69, 9.17) is 4.74 Å².